The lowest BCUT2D eigenvalue weighted by atomic mass is 9.96. The Bertz CT molecular complexity index is 991. The van der Waals surface area contributed by atoms with E-state index < -0.39 is 0 Å². The predicted octanol–water partition coefficient (Wildman–Crippen LogP) is 5.51. The van der Waals surface area contributed by atoms with E-state index in [1.54, 1.807) is 6.33 Å². The fraction of sp³-hybridized carbons (Fsp3) is 0.286. The van der Waals surface area contributed by atoms with Crippen molar-refractivity contribution >= 4 is 21.9 Å². The highest BCUT2D eigenvalue weighted by molar-refractivity contribution is 5.81. The number of aromatic amines is 2. The monoisotopic (exact) mass is 317 g/mol. The summed E-state index contributed by atoms with van der Waals surface area (Å²) >= 11 is 0. The van der Waals surface area contributed by atoms with Gasteiger partial charge in [0.1, 0.15) is 0 Å². The third-order valence-corrected chi connectivity index (χ3v) is 4.91. The third-order valence-electron chi connectivity index (χ3n) is 4.91. The first kappa shape index (κ1) is 15.0. The normalized spacial score (nSPS) is 13.2. The number of hydrogen-bond donors (Lipinski definition) is 2. The molecule has 2 heterocycles. The quantitative estimate of drug-likeness (QED) is 0.512. The maximum Gasteiger partial charge on any atom is 0.0931 e. The van der Waals surface area contributed by atoms with Crippen LogP contribution in [0.5, 0.6) is 0 Å². The second-order valence-corrected chi connectivity index (χ2v) is 7.08. The largest absolute Gasteiger partial charge is 0.358 e. The highest BCUT2D eigenvalue weighted by Crippen LogP contribution is 2.26. The van der Waals surface area contributed by atoms with E-state index in [1.807, 2.05) is 0 Å². The molecule has 4 rings (SSSR count). The molecule has 0 saturated carbocycles. The number of H-pyrrole nitrogens is 2. The summed E-state index contributed by atoms with van der Waals surface area (Å²) in [7, 11) is 0. The number of fused-ring (bicyclic) bond motifs is 2. The molecule has 2 aromatic heterocycles. The third kappa shape index (κ3) is 2.71. The van der Waals surface area contributed by atoms with Gasteiger partial charge in [0.05, 0.1) is 17.4 Å². The van der Waals surface area contributed by atoms with E-state index in [1.165, 1.54) is 27.7 Å². The molecule has 0 amide bonds. The molecule has 24 heavy (non-hydrogen) atoms. The Balaban J connectivity index is 1.60. The lowest BCUT2D eigenvalue weighted by Gasteiger charge is -2.10. The van der Waals surface area contributed by atoms with Crippen LogP contribution in [0.1, 0.15) is 49.4 Å². The fourth-order valence-corrected chi connectivity index (χ4v) is 3.38. The van der Waals surface area contributed by atoms with Gasteiger partial charge in [-0.05, 0) is 59.0 Å². The molecule has 2 aromatic carbocycles. The smallest absolute Gasteiger partial charge is 0.0931 e. The number of imidazole rings is 1. The van der Waals surface area contributed by atoms with Gasteiger partial charge in [-0.3, -0.25) is 0 Å². The summed E-state index contributed by atoms with van der Waals surface area (Å²) in [5, 5.41) is 1.30. The van der Waals surface area contributed by atoms with Crippen LogP contribution < -0.4 is 0 Å². The Labute approximate surface area is 142 Å². The number of nitrogens with zero attached hydrogens (tertiary/aromatic N) is 1. The maximum atomic E-state index is 4.37. The molecular formula is C21H23N3. The SMILES string of the molecule is CC(C)c1ccc2cc(CC(C)c3ccc4[nH]cnc4c3)[nH]c2c1. The summed E-state index contributed by atoms with van der Waals surface area (Å²) in [4.78, 5) is 11.1. The first-order chi connectivity index (χ1) is 11.6. The molecule has 0 aliphatic heterocycles. The molecule has 1 unspecified atom stereocenters. The Morgan fingerprint density at radius 2 is 1.75 bits per heavy atom. The molecule has 4 aromatic rings. The zero-order chi connectivity index (χ0) is 16.7. The van der Waals surface area contributed by atoms with E-state index in [-0.39, 0.29) is 0 Å². The number of benzene rings is 2. The van der Waals surface area contributed by atoms with Gasteiger partial charge in [0.25, 0.3) is 0 Å². The molecule has 0 fully saturated rings. The van der Waals surface area contributed by atoms with E-state index >= 15 is 0 Å². The summed E-state index contributed by atoms with van der Waals surface area (Å²) in [6.45, 7) is 6.75. The number of aromatic nitrogens is 3. The first-order valence-electron chi connectivity index (χ1n) is 8.65. The zero-order valence-electron chi connectivity index (χ0n) is 14.4. The first-order valence-corrected chi connectivity index (χ1v) is 8.65. The number of nitrogens with one attached hydrogen (secondary N) is 2. The molecule has 0 radical (unpaired) electrons. The molecular weight excluding hydrogens is 294 g/mol. The van der Waals surface area contributed by atoms with Crippen LogP contribution in [0.3, 0.4) is 0 Å². The van der Waals surface area contributed by atoms with Crippen LogP contribution in [0.15, 0.2) is 48.8 Å². The van der Waals surface area contributed by atoms with Gasteiger partial charge in [-0.15, -0.1) is 0 Å². The highest BCUT2D eigenvalue weighted by atomic mass is 14.9. The van der Waals surface area contributed by atoms with Gasteiger partial charge in [-0.25, -0.2) is 4.98 Å². The van der Waals surface area contributed by atoms with E-state index in [2.05, 4.69) is 78.2 Å². The van der Waals surface area contributed by atoms with Gasteiger partial charge in [0.15, 0.2) is 0 Å². The maximum absolute atomic E-state index is 4.37. The Morgan fingerprint density at radius 3 is 2.58 bits per heavy atom. The van der Waals surface area contributed by atoms with Crippen LogP contribution in [0, 0.1) is 0 Å². The molecule has 3 heteroatoms. The van der Waals surface area contributed by atoms with Crippen molar-refractivity contribution in [3.05, 3.63) is 65.6 Å². The summed E-state index contributed by atoms with van der Waals surface area (Å²) in [6.07, 6.45) is 2.75. The molecule has 0 aliphatic rings. The van der Waals surface area contributed by atoms with Crippen molar-refractivity contribution in [3.8, 4) is 0 Å². The van der Waals surface area contributed by atoms with Crippen LogP contribution >= 0.6 is 0 Å². The molecule has 0 spiro atoms. The van der Waals surface area contributed by atoms with Crippen LogP contribution in [-0.2, 0) is 6.42 Å². The molecule has 0 aliphatic carbocycles. The van der Waals surface area contributed by atoms with Gasteiger partial charge in [-0.1, -0.05) is 39.0 Å². The van der Waals surface area contributed by atoms with Crippen molar-refractivity contribution in [2.45, 2.75) is 39.0 Å². The van der Waals surface area contributed by atoms with E-state index in [0.717, 1.165) is 17.5 Å². The van der Waals surface area contributed by atoms with E-state index in [9.17, 15) is 0 Å². The van der Waals surface area contributed by atoms with Crippen LogP contribution in [0.2, 0.25) is 0 Å². The van der Waals surface area contributed by atoms with Crippen molar-refractivity contribution in [2.24, 2.45) is 0 Å². The fourth-order valence-electron chi connectivity index (χ4n) is 3.38. The van der Waals surface area contributed by atoms with E-state index in [0.29, 0.717) is 11.8 Å². The predicted molar refractivity (Wildman–Crippen MR) is 101 cm³/mol. The Kier molecular flexibility index (Phi) is 3.64. The second-order valence-electron chi connectivity index (χ2n) is 7.08. The number of rotatable bonds is 4. The zero-order valence-corrected chi connectivity index (χ0v) is 14.4. The second kappa shape index (κ2) is 5.82. The standard InChI is InChI=1S/C21H23N3/c1-13(2)15-4-5-17-9-18(24-20(17)10-15)8-14(3)16-6-7-19-21(11-16)23-12-22-19/h4-7,9-14,24H,8H2,1-3H3,(H,22,23). The summed E-state index contributed by atoms with van der Waals surface area (Å²) in [5.74, 6) is 1.00. The van der Waals surface area contributed by atoms with Gasteiger partial charge < -0.3 is 9.97 Å². The van der Waals surface area contributed by atoms with Crippen molar-refractivity contribution in [1.29, 1.82) is 0 Å². The minimum Gasteiger partial charge on any atom is -0.358 e. The summed E-state index contributed by atoms with van der Waals surface area (Å²) in [6, 6.07) is 15.5. The average Bonchev–Trinajstić information content (AvgIpc) is 3.18. The van der Waals surface area contributed by atoms with Crippen molar-refractivity contribution < 1.29 is 0 Å². The highest BCUT2D eigenvalue weighted by Gasteiger charge is 2.11. The Hall–Kier alpha value is -2.55. The lowest BCUT2D eigenvalue weighted by Crippen LogP contribution is -1.98. The molecule has 3 nitrogen and oxygen atoms in total. The molecule has 0 saturated heterocycles. The lowest BCUT2D eigenvalue weighted by molar-refractivity contribution is 0.747. The van der Waals surface area contributed by atoms with Crippen molar-refractivity contribution in [1.82, 2.24) is 15.0 Å². The summed E-state index contributed by atoms with van der Waals surface area (Å²) < 4.78 is 0. The van der Waals surface area contributed by atoms with Gasteiger partial charge in [0.2, 0.25) is 0 Å². The van der Waals surface area contributed by atoms with Gasteiger partial charge in [-0.2, -0.15) is 0 Å². The van der Waals surface area contributed by atoms with Gasteiger partial charge in [0, 0.05) is 11.2 Å². The summed E-state index contributed by atoms with van der Waals surface area (Å²) in [5.41, 5.74) is 7.38. The average molecular weight is 317 g/mol. The molecule has 122 valence electrons. The van der Waals surface area contributed by atoms with Crippen LogP contribution in [0.4, 0.5) is 0 Å². The minimum atomic E-state index is 0.448. The van der Waals surface area contributed by atoms with E-state index in [4.69, 9.17) is 0 Å². The Morgan fingerprint density at radius 1 is 0.917 bits per heavy atom. The van der Waals surface area contributed by atoms with Crippen molar-refractivity contribution in [3.63, 3.8) is 0 Å². The van der Waals surface area contributed by atoms with Crippen molar-refractivity contribution in [2.75, 3.05) is 0 Å². The topological polar surface area (TPSA) is 44.5 Å². The van der Waals surface area contributed by atoms with Crippen LogP contribution in [0.25, 0.3) is 21.9 Å². The van der Waals surface area contributed by atoms with Crippen LogP contribution in [-0.4, -0.2) is 15.0 Å². The molecule has 0 bridgehead atoms. The molecule has 1 atom stereocenters. The molecule has 2 N–H and O–H groups in total. The number of hydrogen-bond acceptors (Lipinski definition) is 1. The minimum absolute atomic E-state index is 0.448. The van der Waals surface area contributed by atoms with Gasteiger partial charge >= 0.3 is 0 Å².